The Hall–Kier alpha value is -2.33. The number of nitrogens with one attached hydrogen (secondary N) is 2. The first-order chi connectivity index (χ1) is 13.4. The van der Waals surface area contributed by atoms with Gasteiger partial charge in [-0.3, -0.25) is 4.79 Å². The van der Waals surface area contributed by atoms with E-state index in [1.54, 1.807) is 12.1 Å². The molecule has 3 rings (SSSR count). The van der Waals surface area contributed by atoms with E-state index < -0.39 is 15.9 Å². The molecule has 3 N–H and O–H groups in total. The van der Waals surface area contributed by atoms with Crippen LogP contribution in [0.2, 0.25) is 5.02 Å². The van der Waals surface area contributed by atoms with E-state index >= 15 is 0 Å². The summed E-state index contributed by atoms with van der Waals surface area (Å²) in [6, 6.07) is 10.5. The summed E-state index contributed by atoms with van der Waals surface area (Å²) in [4.78, 5) is 12.3. The van der Waals surface area contributed by atoms with E-state index in [2.05, 4.69) is 10.6 Å². The second-order valence-corrected chi connectivity index (χ2v) is 8.48. The summed E-state index contributed by atoms with van der Waals surface area (Å²) in [5.41, 5.74) is 0.683. The minimum Gasteiger partial charge on any atom is -0.506 e. The van der Waals surface area contributed by atoms with E-state index in [1.165, 1.54) is 34.6 Å². The average Bonchev–Trinajstić information content (AvgIpc) is 2.69. The number of amides is 1. The number of anilines is 2. The van der Waals surface area contributed by atoms with Crippen molar-refractivity contribution in [3.05, 3.63) is 47.5 Å². The Morgan fingerprint density at radius 2 is 1.93 bits per heavy atom. The number of carbonyl (C=O) groups excluding carboxylic acids is 1. The van der Waals surface area contributed by atoms with Crippen molar-refractivity contribution < 1.29 is 23.1 Å². The predicted octanol–water partition coefficient (Wildman–Crippen LogP) is 2.12. The maximum absolute atomic E-state index is 12.7. The van der Waals surface area contributed by atoms with Gasteiger partial charge in [0.2, 0.25) is 15.9 Å². The van der Waals surface area contributed by atoms with E-state index in [0.717, 1.165) is 0 Å². The molecule has 0 atom stereocenters. The third-order valence-electron chi connectivity index (χ3n) is 4.12. The SMILES string of the molecule is O=C(CNc1cc(Cl)ccc1O)Nc1cccc(S(=O)(=O)N2CCOCC2)c1. The number of nitrogens with zero attached hydrogens (tertiary/aromatic N) is 1. The van der Waals surface area contributed by atoms with Crippen molar-refractivity contribution in [3.63, 3.8) is 0 Å². The molecular formula is C18H20ClN3O5S. The number of ether oxygens (including phenoxy) is 1. The highest BCUT2D eigenvalue weighted by atomic mass is 35.5. The second-order valence-electron chi connectivity index (χ2n) is 6.11. The molecule has 0 aromatic heterocycles. The van der Waals surface area contributed by atoms with Crippen molar-refractivity contribution in [3.8, 4) is 5.75 Å². The van der Waals surface area contributed by atoms with Crippen molar-refractivity contribution >= 4 is 38.9 Å². The van der Waals surface area contributed by atoms with Crippen molar-refractivity contribution in [2.24, 2.45) is 0 Å². The van der Waals surface area contributed by atoms with Crippen LogP contribution in [0.25, 0.3) is 0 Å². The van der Waals surface area contributed by atoms with Crippen molar-refractivity contribution in [2.45, 2.75) is 4.90 Å². The van der Waals surface area contributed by atoms with Crippen LogP contribution in [0, 0.1) is 0 Å². The fraction of sp³-hybridized carbons (Fsp3) is 0.278. The van der Waals surface area contributed by atoms with Crippen LogP contribution in [0.15, 0.2) is 47.4 Å². The molecule has 2 aromatic rings. The van der Waals surface area contributed by atoms with Gasteiger partial charge in [0.25, 0.3) is 0 Å². The quantitative estimate of drug-likeness (QED) is 0.612. The van der Waals surface area contributed by atoms with Gasteiger partial charge in [0.05, 0.1) is 30.3 Å². The van der Waals surface area contributed by atoms with Crippen LogP contribution in [0.5, 0.6) is 5.75 Å². The highest BCUT2D eigenvalue weighted by Gasteiger charge is 2.26. The number of halogens is 1. The van der Waals surface area contributed by atoms with Gasteiger partial charge in [-0.25, -0.2) is 8.42 Å². The fourth-order valence-corrected chi connectivity index (χ4v) is 4.33. The number of morpholine rings is 1. The molecule has 28 heavy (non-hydrogen) atoms. The Bertz CT molecular complexity index is 961. The summed E-state index contributed by atoms with van der Waals surface area (Å²) in [6.45, 7) is 1.18. The number of sulfonamides is 1. The number of benzene rings is 2. The summed E-state index contributed by atoms with van der Waals surface area (Å²) in [5.74, 6) is -0.434. The molecule has 10 heteroatoms. The summed E-state index contributed by atoms with van der Waals surface area (Å²) in [6.07, 6.45) is 0. The first-order valence-corrected chi connectivity index (χ1v) is 10.4. The Labute approximate surface area is 168 Å². The van der Waals surface area contributed by atoms with Gasteiger partial charge < -0.3 is 20.5 Å². The molecule has 1 amide bonds. The molecule has 8 nitrogen and oxygen atoms in total. The first kappa shape index (κ1) is 20.4. The van der Waals surface area contributed by atoms with Crippen LogP contribution < -0.4 is 10.6 Å². The van der Waals surface area contributed by atoms with E-state index in [0.29, 0.717) is 42.7 Å². The number of hydrogen-bond donors (Lipinski definition) is 3. The Morgan fingerprint density at radius 1 is 1.18 bits per heavy atom. The Balaban J connectivity index is 1.65. The number of aromatic hydroxyl groups is 1. The molecule has 0 radical (unpaired) electrons. The zero-order chi connectivity index (χ0) is 20.1. The molecule has 0 spiro atoms. The number of rotatable bonds is 6. The highest BCUT2D eigenvalue weighted by Crippen LogP contribution is 2.26. The van der Waals surface area contributed by atoms with Crippen LogP contribution in [-0.4, -0.2) is 56.6 Å². The summed E-state index contributed by atoms with van der Waals surface area (Å²) in [5, 5.41) is 15.6. The summed E-state index contributed by atoms with van der Waals surface area (Å²) < 4.78 is 32.0. The van der Waals surface area contributed by atoms with E-state index in [9.17, 15) is 18.3 Å². The summed E-state index contributed by atoms with van der Waals surface area (Å²) in [7, 11) is -3.65. The maximum atomic E-state index is 12.7. The topological polar surface area (TPSA) is 108 Å². The van der Waals surface area contributed by atoms with Gasteiger partial charge in [0.1, 0.15) is 5.75 Å². The molecule has 1 aliphatic rings. The summed E-state index contributed by atoms with van der Waals surface area (Å²) >= 11 is 5.87. The van der Waals surface area contributed by atoms with Gasteiger partial charge >= 0.3 is 0 Å². The third-order valence-corrected chi connectivity index (χ3v) is 6.25. The van der Waals surface area contributed by atoms with Crippen LogP contribution in [0.4, 0.5) is 11.4 Å². The van der Waals surface area contributed by atoms with Gasteiger partial charge in [0.15, 0.2) is 0 Å². The monoisotopic (exact) mass is 425 g/mol. The molecule has 2 aromatic carbocycles. The lowest BCUT2D eigenvalue weighted by Crippen LogP contribution is -2.40. The molecule has 1 aliphatic heterocycles. The van der Waals surface area contributed by atoms with Gasteiger partial charge in [-0.2, -0.15) is 4.31 Å². The van der Waals surface area contributed by atoms with Crippen LogP contribution in [0.3, 0.4) is 0 Å². The molecule has 1 heterocycles. The molecule has 0 unspecified atom stereocenters. The minimum atomic E-state index is -3.65. The molecule has 150 valence electrons. The third kappa shape index (κ3) is 4.93. The molecule has 0 saturated carbocycles. The lowest BCUT2D eigenvalue weighted by atomic mass is 10.3. The molecule has 1 fully saturated rings. The first-order valence-electron chi connectivity index (χ1n) is 8.56. The predicted molar refractivity (Wildman–Crippen MR) is 106 cm³/mol. The van der Waals surface area contributed by atoms with Crippen molar-refractivity contribution in [1.82, 2.24) is 4.31 Å². The van der Waals surface area contributed by atoms with Crippen LogP contribution in [-0.2, 0) is 19.6 Å². The average molecular weight is 426 g/mol. The van der Waals surface area contributed by atoms with Gasteiger partial charge in [0, 0.05) is 23.8 Å². The minimum absolute atomic E-state index is 0.0317. The fourth-order valence-electron chi connectivity index (χ4n) is 2.70. The van der Waals surface area contributed by atoms with E-state index in [4.69, 9.17) is 16.3 Å². The molecular weight excluding hydrogens is 406 g/mol. The largest absolute Gasteiger partial charge is 0.506 e. The van der Waals surface area contributed by atoms with Crippen LogP contribution >= 0.6 is 11.6 Å². The zero-order valence-corrected chi connectivity index (χ0v) is 16.5. The van der Waals surface area contributed by atoms with Gasteiger partial charge in [-0.05, 0) is 36.4 Å². The number of carbonyl (C=O) groups is 1. The lowest BCUT2D eigenvalue weighted by Gasteiger charge is -2.26. The standard InChI is InChI=1S/C18H20ClN3O5S/c19-13-4-5-17(23)16(10-13)20-12-18(24)21-14-2-1-3-15(11-14)28(25,26)22-6-8-27-9-7-22/h1-5,10-11,20,23H,6-9,12H2,(H,21,24). The van der Waals surface area contributed by atoms with Crippen molar-refractivity contribution in [1.29, 1.82) is 0 Å². The Kier molecular flexibility index (Phi) is 6.40. The number of phenolic OH excluding ortho intramolecular Hbond substituents is 1. The van der Waals surface area contributed by atoms with E-state index in [-0.39, 0.29) is 17.2 Å². The zero-order valence-electron chi connectivity index (χ0n) is 14.9. The maximum Gasteiger partial charge on any atom is 0.243 e. The normalized spacial score (nSPS) is 15.2. The smallest absolute Gasteiger partial charge is 0.243 e. The second kappa shape index (κ2) is 8.78. The van der Waals surface area contributed by atoms with Gasteiger partial charge in [-0.1, -0.05) is 17.7 Å². The molecule has 0 aliphatic carbocycles. The van der Waals surface area contributed by atoms with E-state index in [1.807, 2.05) is 0 Å². The number of hydrogen-bond acceptors (Lipinski definition) is 6. The van der Waals surface area contributed by atoms with Gasteiger partial charge in [-0.15, -0.1) is 0 Å². The molecule has 1 saturated heterocycles. The van der Waals surface area contributed by atoms with Crippen molar-refractivity contribution in [2.75, 3.05) is 43.5 Å². The van der Waals surface area contributed by atoms with Crippen LogP contribution in [0.1, 0.15) is 0 Å². The Morgan fingerprint density at radius 3 is 2.68 bits per heavy atom. The highest BCUT2D eigenvalue weighted by molar-refractivity contribution is 7.89. The molecule has 0 bridgehead atoms. The lowest BCUT2D eigenvalue weighted by molar-refractivity contribution is -0.114. The number of phenols is 1.